The quantitative estimate of drug-likeness (QED) is 0.165. The number of ketones is 1. The van der Waals surface area contributed by atoms with Gasteiger partial charge in [-0.15, -0.1) is 0 Å². The van der Waals surface area contributed by atoms with Gasteiger partial charge in [-0.2, -0.15) is 0 Å². The predicted molar refractivity (Wildman–Crippen MR) is 146 cm³/mol. The third-order valence-corrected chi connectivity index (χ3v) is 5.86. The van der Waals surface area contributed by atoms with E-state index >= 15 is 0 Å². The van der Waals surface area contributed by atoms with E-state index in [4.69, 9.17) is 23.7 Å². The molecule has 3 rings (SSSR count). The smallest absolute Gasteiger partial charge is 0.203 e. The number of allylic oxidation sites excluding steroid dienone is 1. The lowest BCUT2D eigenvalue weighted by Gasteiger charge is -2.13. The molecular formula is C28H28BrNO6. The van der Waals surface area contributed by atoms with Gasteiger partial charge in [-0.05, 0) is 63.5 Å². The van der Waals surface area contributed by atoms with Crippen molar-refractivity contribution in [1.29, 1.82) is 0 Å². The van der Waals surface area contributed by atoms with Crippen molar-refractivity contribution < 1.29 is 28.5 Å². The summed E-state index contributed by atoms with van der Waals surface area (Å²) in [4.78, 5) is 12.6. The van der Waals surface area contributed by atoms with Crippen molar-refractivity contribution in [3.8, 4) is 28.7 Å². The number of nitrogens with one attached hydrogen (secondary N) is 1. The fraction of sp³-hybridized carbons (Fsp3) is 0.179. The van der Waals surface area contributed by atoms with Crippen LogP contribution in [-0.4, -0.2) is 41.3 Å². The van der Waals surface area contributed by atoms with E-state index in [1.54, 1.807) is 52.8 Å². The molecule has 0 aromatic heterocycles. The van der Waals surface area contributed by atoms with E-state index in [9.17, 15) is 4.79 Å². The van der Waals surface area contributed by atoms with Crippen LogP contribution in [0.2, 0.25) is 0 Å². The summed E-state index contributed by atoms with van der Waals surface area (Å²) in [7, 11) is 7.84. The van der Waals surface area contributed by atoms with Crippen molar-refractivity contribution in [2.24, 2.45) is 0 Å². The number of hydrogen-bond acceptors (Lipinski definition) is 7. The molecule has 0 bridgehead atoms. The van der Waals surface area contributed by atoms with Gasteiger partial charge in [-0.1, -0.05) is 24.3 Å². The Balaban J connectivity index is 1.86. The Morgan fingerprint density at radius 2 is 1.33 bits per heavy atom. The summed E-state index contributed by atoms with van der Waals surface area (Å²) < 4.78 is 27.8. The van der Waals surface area contributed by atoms with Crippen LogP contribution in [0.1, 0.15) is 21.5 Å². The largest absolute Gasteiger partial charge is 0.496 e. The average Bonchev–Trinajstić information content (AvgIpc) is 2.90. The van der Waals surface area contributed by atoms with Crippen LogP contribution in [0.15, 0.2) is 65.3 Å². The van der Waals surface area contributed by atoms with Gasteiger partial charge in [0.25, 0.3) is 0 Å². The molecule has 3 aromatic carbocycles. The maximum Gasteiger partial charge on any atom is 0.203 e. The minimum absolute atomic E-state index is 0.184. The molecule has 0 heterocycles. The van der Waals surface area contributed by atoms with Crippen LogP contribution in [0.25, 0.3) is 12.2 Å². The van der Waals surface area contributed by atoms with E-state index in [1.165, 1.54) is 13.2 Å². The van der Waals surface area contributed by atoms with Crippen molar-refractivity contribution in [2.45, 2.75) is 0 Å². The van der Waals surface area contributed by atoms with Gasteiger partial charge in [-0.25, -0.2) is 0 Å². The summed E-state index contributed by atoms with van der Waals surface area (Å²) in [5.41, 5.74) is 2.92. The van der Waals surface area contributed by atoms with Crippen molar-refractivity contribution in [3.63, 3.8) is 0 Å². The molecule has 8 heteroatoms. The van der Waals surface area contributed by atoms with Gasteiger partial charge < -0.3 is 29.0 Å². The number of carbonyl (C=O) groups excluding carboxylic acids is 1. The van der Waals surface area contributed by atoms with E-state index in [0.29, 0.717) is 40.0 Å². The highest BCUT2D eigenvalue weighted by molar-refractivity contribution is 9.10. The van der Waals surface area contributed by atoms with Gasteiger partial charge in [0.05, 0.1) is 51.3 Å². The SMILES string of the molecule is COc1ccccc1C(=O)/C=C\Nc1cc(/C=C\c2cc(OC)c(OC)c(OC)c2)cc(Br)c1OC. The van der Waals surface area contributed by atoms with Crippen molar-refractivity contribution in [3.05, 3.63) is 82.0 Å². The van der Waals surface area contributed by atoms with Gasteiger partial charge in [0.1, 0.15) is 5.75 Å². The van der Waals surface area contributed by atoms with E-state index in [-0.39, 0.29) is 5.78 Å². The van der Waals surface area contributed by atoms with Gasteiger partial charge in [0.2, 0.25) is 5.75 Å². The molecule has 0 aliphatic rings. The zero-order valence-electron chi connectivity index (χ0n) is 20.8. The Bertz CT molecular complexity index is 1260. The van der Waals surface area contributed by atoms with E-state index in [0.717, 1.165) is 15.6 Å². The first-order chi connectivity index (χ1) is 17.4. The van der Waals surface area contributed by atoms with E-state index in [1.807, 2.05) is 42.5 Å². The summed E-state index contributed by atoms with van der Waals surface area (Å²) in [6.07, 6.45) is 6.90. The molecule has 188 valence electrons. The van der Waals surface area contributed by atoms with Crippen molar-refractivity contribution in [2.75, 3.05) is 40.9 Å². The zero-order chi connectivity index (χ0) is 26.1. The number of halogens is 1. The molecule has 7 nitrogen and oxygen atoms in total. The number of methoxy groups -OCH3 is 5. The lowest BCUT2D eigenvalue weighted by molar-refractivity contribution is 0.104. The lowest BCUT2D eigenvalue weighted by atomic mass is 10.1. The molecule has 0 fully saturated rings. The molecule has 0 spiro atoms. The van der Waals surface area contributed by atoms with Crippen LogP contribution in [0, 0.1) is 0 Å². The second-order valence-electron chi connectivity index (χ2n) is 7.42. The van der Waals surface area contributed by atoms with Crippen molar-refractivity contribution in [1.82, 2.24) is 0 Å². The fourth-order valence-electron chi connectivity index (χ4n) is 3.56. The minimum Gasteiger partial charge on any atom is -0.496 e. The Kier molecular flexibility index (Phi) is 9.41. The summed E-state index contributed by atoms with van der Waals surface area (Å²) in [6, 6.07) is 14.6. The number of para-hydroxylation sites is 1. The van der Waals surface area contributed by atoms with Crippen LogP contribution < -0.4 is 29.0 Å². The van der Waals surface area contributed by atoms with Crippen LogP contribution in [-0.2, 0) is 0 Å². The molecule has 1 N–H and O–H groups in total. The molecule has 0 aliphatic heterocycles. The highest BCUT2D eigenvalue weighted by atomic mass is 79.9. The molecule has 0 unspecified atom stereocenters. The number of benzene rings is 3. The number of anilines is 1. The molecule has 0 saturated carbocycles. The number of ether oxygens (including phenoxy) is 5. The third-order valence-electron chi connectivity index (χ3n) is 5.27. The topological polar surface area (TPSA) is 75.3 Å². The summed E-state index contributed by atoms with van der Waals surface area (Å²) in [5, 5.41) is 3.15. The van der Waals surface area contributed by atoms with Crippen LogP contribution in [0.5, 0.6) is 28.7 Å². The Morgan fingerprint density at radius 1 is 0.750 bits per heavy atom. The van der Waals surface area contributed by atoms with Crippen LogP contribution in [0.4, 0.5) is 5.69 Å². The molecule has 0 amide bonds. The highest BCUT2D eigenvalue weighted by Gasteiger charge is 2.13. The highest BCUT2D eigenvalue weighted by Crippen LogP contribution is 2.39. The Hall–Kier alpha value is -3.91. The predicted octanol–water partition coefficient (Wildman–Crippen LogP) is 6.47. The van der Waals surface area contributed by atoms with Gasteiger partial charge in [-0.3, -0.25) is 4.79 Å². The number of carbonyl (C=O) groups is 1. The molecule has 0 radical (unpaired) electrons. The number of rotatable bonds is 11. The summed E-state index contributed by atoms with van der Waals surface area (Å²) in [5.74, 6) is 2.61. The second-order valence-corrected chi connectivity index (χ2v) is 8.27. The first-order valence-corrected chi connectivity index (χ1v) is 11.7. The summed E-state index contributed by atoms with van der Waals surface area (Å²) >= 11 is 3.56. The summed E-state index contributed by atoms with van der Waals surface area (Å²) in [6.45, 7) is 0. The molecule has 36 heavy (non-hydrogen) atoms. The van der Waals surface area contributed by atoms with Crippen LogP contribution in [0.3, 0.4) is 0 Å². The lowest BCUT2D eigenvalue weighted by Crippen LogP contribution is -2.00. The van der Waals surface area contributed by atoms with Gasteiger partial charge in [0, 0.05) is 12.3 Å². The maximum absolute atomic E-state index is 12.6. The fourth-order valence-corrected chi connectivity index (χ4v) is 4.20. The zero-order valence-corrected chi connectivity index (χ0v) is 22.3. The second kappa shape index (κ2) is 12.7. The Labute approximate surface area is 219 Å². The molecule has 0 atom stereocenters. The van der Waals surface area contributed by atoms with Gasteiger partial charge in [0.15, 0.2) is 23.0 Å². The number of hydrogen-bond donors (Lipinski definition) is 1. The molecular weight excluding hydrogens is 526 g/mol. The standard InChI is InChI=1S/C28H28BrNO6/c1-32-24-9-7-6-8-20(24)23(31)12-13-30-22-15-18(14-21(29)27(22)35-4)10-11-19-16-25(33-2)28(36-5)26(17-19)34-3/h6-17,30H,1-5H3/b11-10-,13-12-. The van der Waals surface area contributed by atoms with E-state index in [2.05, 4.69) is 21.2 Å². The van der Waals surface area contributed by atoms with Crippen molar-refractivity contribution >= 4 is 39.6 Å². The average molecular weight is 554 g/mol. The van der Waals surface area contributed by atoms with Gasteiger partial charge >= 0.3 is 0 Å². The molecule has 0 aliphatic carbocycles. The minimum atomic E-state index is -0.184. The van der Waals surface area contributed by atoms with E-state index < -0.39 is 0 Å². The Morgan fingerprint density at radius 3 is 1.92 bits per heavy atom. The first kappa shape index (κ1) is 26.7. The molecule has 3 aromatic rings. The molecule has 0 saturated heterocycles. The van der Waals surface area contributed by atoms with Crippen LogP contribution >= 0.6 is 15.9 Å². The third kappa shape index (κ3) is 6.20. The normalized spacial score (nSPS) is 10.9. The first-order valence-electron chi connectivity index (χ1n) is 10.9. The maximum atomic E-state index is 12.6. The monoisotopic (exact) mass is 553 g/mol.